The maximum atomic E-state index is 10.7. The van der Waals surface area contributed by atoms with Crippen molar-refractivity contribution < 1.29 is 14.2 Å². The fourth-order valence-corrected chi connectivity index (χ4v) is 1.04. The summed E-state index contributed by atoms with van der Waals surface area (Å²) in [4.78, 5) is 0. The summed E-state index contributed by atoms with van der Waals surface area (Å²) in [6.45, 7) is 0. The minimum absolute atomic E-state index is 0. The van der Waals surface area contributed by atoms with E-state index < -0.39 is 14.4 Å². The van der Waals surface area contributed by atoms with Crippen LogP contribution in [-0.2, 0) is 4.57 Å². The molecule has 0 bridgehead atoms. The Kier molecular flexibility index (Phi) is 5.97. The van der Waals surface area contributed by atoms with Crippen molar-refractivity contribution in [3.8, 4) is 5.75 Å². The van der Waals surface area contributed by atoms with Gasteiger partial charge in [-0.25, -0.2) is 0 Å². The van der Waals surface area contributed by atoms with Crippen LogP contribution >= 0.6 is 8.03 Å². The topological polar surface area (TPSA) is 46.5 Å². The molecule has 0 heterocycles. The van der Waals surface area contributed by atoms with Gasteiger partial charge in [0.05, 0.1) is 0 Å². The number of aliphatic hydroxyl groups is 1. The van der Waals surface area contributed by atoms with Gasteiger partial charge in [-0.05, 0) is 16.7 Å². The molecule has 0 saturated carbocycles. The highest BCUT2D eigenvalue weighted by Gasteiger charge is 2.15. The van der Waals surface area contributed by atoms with E-state index in [2.05, 4.69) is 0 Å². The third-order valence-corrected chi connectivity index (χ3v) is 1.71. The molecule has 1 atom stereocenters. The van der Waals surface area contributed by atoms with E-state index in [0.717, 1.165) is 0 Å². The van der Waals surface area contributed by atoms with Gasteiger partial charge in [-0.15, -0.1) is 0 Å². The quantitative estimate of drug-likeness (QED) is 0.574. The molecule has 0 fully saturated rings. The van der Waals surface area contributed by atoms with Crippen molar-refractivity contribution in [1.82, 2.24) is 0 Å². The van der Waals surface area contributed by atoms with Crippen molar-refractivity contribution in [1.29, 1.82) is 0 Å². The molecule has 1 unspecified atom stereocenters. The number of hydrogen-bond donors (Lipinski definition) is 1. The Morgan fingerprint density at radius 1 is 1.33 bits per heavy atom. The molecular formula is C7H11AlO3P+. The van der Waals surface area contributed by atoms with E-state index in [0.29, 0.717) is 5.75 Å². The van der Waals surface area contributed by atoms with Crippen LogP contribution in [0.3, 0.4) is 0 Å². The summed E-state index contributed by atoms with van der Waals surface area (Å²) in [5.41, 5.74) is 0. The molecule has 64 valence electrons. The van der Waals surface area contributed by atoms with E-state index in [1.165, 1.54) is 0 Å². The van der Waals surface area contributed by atoms with E-state index in [9.17, 15) is 4.57 Å². The molecule has 0 spiro atoms. The smallest absolute Gasteiger partial charge is 0.350 e. The van der Waals surface area contributed by atoms with Crippen molar-refractivity contribution in [2.75, 3.05) is 6.35 Å². The molecule has 1 rings (SSSR count). The Balaban J connectivity index is 0.00000121. The monoisotopic (exact) mass is 201 g/mol. The zero-order valence-electron chi connectivity index (χ0n) is 5.80. The van der Waals surface area contributed by atoms with E-state index in [4.69, 9.17) is 9.63 Å². The maximum absolute atomic E-state index is 10.7. The van der Waals surface area contributed by atoms with E-state index in [1.807, 2.05) is 6.07 Å². The molecule has 3 nitrogen and oxygen atoms in total. The first-order valence-electron chi connectivity index (χ1n) is 3.11. The first kappa shape index (κ1) is 11.6. The first-order valence-corrected chi connectivity index (χ1v) is 4.48. The maximum Gasteiger partial charge on any atom is 0.585 e. The van der Waals surface area contributed by atoms with Crippen LogP contribution in [0, 0.1) is 0 Å². The van der Waals surface area contributed by atoms with Crippen molar-refractivity contribution in [2.45, 2.75) is 0 Å². The number of benzene rings is 1. The third kappa shape index (κ3) is 3.85. The fraction of sp³-hybridized carbons (Fsp3) is 0.143. The lowest BCUT2D eigenvalue weighted by atomic mass is 10.3. The minimum Gasteiger partial charge on any atom is -0.350 e. The molecule has 1 N–H and O–H groups in total. The second-order valence-electron chi connectivity index (χ2n) is 1.88. The molecule has 0 aromatic heterocycles. The highest BCUT2D eigenvalue weighted by Crippen LogP contribution is 2.24. The van der Waals surface area contributed by atoms with E-state index >= 15 is 0 Å². The van der Waals surface area contributed by atoms with Crippen LogP contribution in [0.25, 0.3) is 0 Å². The summed E-state index contributed by atoms with van der Waals surface area (Å²) in [5, 5.41) is 8.39. The van der Waals surface area contributed by atoms with E-state index in [1.54, 1.807) is 24.3 Å². The van der Waals surface area contributed by atoms with Crippen molar-refractivity contribution in [3.63, 3.8) is 0 Å². The molecule has 5 heteroatoms. The van der Waals surface area contributed by atoms with Crippen LogP contribution in [0.2, 0.25) is 0 Å². The van der Waals surface area contributed by atoms with Crippen LogP contribution in [0.15, 0.2) is 30.3 Å². The zero-order chi connectivity index (χ0) is 8.10. The minimum atomic E-state index is -1.95. The highest BCUT2D eigenvalue weighted by atomic mass is 31.1. The Labute approximate surface area is 82.4 Å². The lowest BCUT2D eigenvalue weighted by Crippen LogP contribution is -1.83. The highest BCUT2D eigenvalue weighted by molar-refractivity contribution is 7.39. The van der Waals surface area contributed by atoms with Gasteiger partial charge in [0, 0.05) is 0 Å². The Morgan fingerprint density at radius 3 is 2.42 bits per heavy atom. The van der Waals surface area contributed by atoms with Gasteiger partial charge < -0.3 is 5.11 Å². The number of hydrogen-bond acceptors (Lipinski definition) is 3. The number of rotatable bonds is 3. The van der Waals surface area contributed by atoms with Gasteiger partial charge in [0.1, 0.15) is 0 Å². The predicted octanol–water partition coefficient (Wildman–Crippen LogP) is 0.574. The summed E-state index contributed by atoms with van der Waals surface area (Å²) < 4.78 is 15.5. The van der Waals surface area contributed by atoms with Crippen LogP contribution in [0.4, 0.5) is 0 Å². The predicted molar refractivity (Wildman–Crippen MR) is 51.7 cm³/mol. The van der Waals surface area contributed by atoms with Crippen LogP contribution in [-0.4, -0.2) is 28.8 Å². The number of para-hydroxylation sites is 1. The van der Waals surface area contributed by atoms with Crippen molar-refractivity contribution in [3.05, 3.63) is 30.3 Å². The molecule has 1 aromatic carbocycles. The number of aliphatic hydroxyl groups excluding tert-OH is 1. The Hall–Kier alpha value is -0.388. The van der Waals surface area contributed by atoms with Crippen LogP contribution in [0.1, 0.15) is 0 Å². The lowest BCUT2D eigenvalue weighted by Gasteiger charge is -1.88. The normalized spacial score (nSPS) is 9.92. The van der Waals surface area contributed by atoms with Gasteiger partial charge in [-0.1, -0.05) is 18.2 Å². The molecule has 0 aliphatic rings. The molecule has 0 aliphatic carbocycles. The molecule has 0 aliphatic heterocycles. The molecule has 1 aromatic rings. The molecular weight excluding hydrogens is 190 g/mol. The average molecular weight is 201 g/mol. The fourth-order valence-electron chi connectivity index (χ4n) is 0.628. The molecule has 0 radical (unpaired) electrons. The second-order valence-corrected chi connectivity index (χ2v) is 3.01. The van der Waals surface area contributed by atoms with E-state index in [-0.39, 0.29) is 17.4 Å². The SMILES string of the molecule is O=[P+](CO)Oc1ccccc1.[AlH3]. The average Bonchev–Trinajstić information content (AvgIpc) is 2.06. The second kappa shape index (κ2) is 6.16. The van der Waals surface area contributed by atoms with Gasteiger partial charge in [0.15, 0.2) is 23.1 Å². The summed E-state index contributed by atoms with van der Waals surface area (Å²) in [5.74, 6) is 0.516. The van der Waals surface area contributed by atoms with Gasteiger partial charge in [0.25, 0.3) is 6.35 Å². The Morgan fingerprint density at radius 2 is 1.92 bits per heavy atom. The van der Waals surface area contributed by atoms with Crippen LogP contribution < -0.4 is 4.52 Å². The van der Waals surface area contributed by atoms with Crippen LogP contribution in [0.5, 0.6) is 5.75 Å². The van der Waals surface area contributed by atoms with Gasteiger partial charge >= 0.3 is 8.03 Å². The summed E-state index contributed by atoms with van der Waals surface area (Å²) >= 11 is 0. The molecule has 12 heavy (non-hydrogen) atoms. The zero-order valence-corrected chi connectivity index (χ0v) is 6.70. The Bertz CT molecular complexity index is 240. The van der Waals surface area contributed by atoms with Gasteiger partial charge in [0.2, 0.25) is 0 Å². The lowest BCUT2D eigenvalue weighted by molar-refractivity contribution is 0.345. The molecule has 0 saturated heterocycles. The molecule has 0 amide bonds. The summed E-state index contributed by atoms with van der Waals surface area (Å²) in [7, 11) is -1.95. The van der Waals surface area contributed by atoms with Crippen molar-refractivity contribution in [2.24, 2.45) is 0 Å². The summed E-state index contributed by atoms with van der Waals surface area (Å²) in [6.07, 6.45) is -0.440. The largest absolute Gasteiger partial charge is 0.585 e. The van der Waals surface area contributed by atoms with Crippen molar-refractivity contribution >= 4 is 25.4 Å². The van der Waals surface area contributed by atoms with Gasteiger partial charge in [-0.3, -0.25) is 4.52 Å². The summed E-state index contributed by atoms with van der Waals surface area (Å²) in [6, 6.07) is 8.75. The first-order chi connectivity index (χ1) is 5.33. The third-order valence-electron chi connectivity index (χ3n) is 1.07. The standard InChI is InChI=1S/C7H8O3P.Al.3H/c8-6-11(9)10-7-4-2-1-3-5-7;;;;/h1-5,8H,6H2;;;;/q+1;;;;. The van der Waals surface area contributed by atoms with Gasteiger partial charge in [-0.2, -0.15) is 0 Å².